The van der Waals surface area contributed by atoms with Crippen LogP contribution in [0.5, 0.6) is 11.5 Å². The van der Waals surface area contributed by atoms with Crippen LogP contribution >= 0.6 is 0 Å². The summed E-state index contributed by atoms with van der Waals surface area (Å²) in [4.78, 5) is 0. The van der Waals surface area contributed by atoms with Crippen LogP contribution in [0.4, 0.5) is 0 Å². The minimum Gasteiger partial charge on any atom is -0.457 e. The minimum atomic E-state index is -0.165. The van der Waals surface area contributed by atoms with E-state index < -0.39 is 0 Å². The molecule has 0 radical (unpaired) electrons. The summed E-state index contributed by atoms with van der Waals surface area (Å²) in [6.07, 6.45) is 0.961. The van der Waals surface area contributed by atoms with Gasteiger partial charge in [-0.2, -0.15) is 5.26 Å². The van der Waals surface area contributed by atoms with Gasteiger partial charge in [0, 0.05) is 5.92 Å². The van der Waals surface area contributed by atoms with Gasteiger partial charge in [-0.15, -0.1) is 0 Å². The zero-order valence-electron chi connectivity index (χ0n) is 10.8. The molecule has 1 aliphatic carbocycles. The van der Waals surface area contributed by atoms with Crippen molar-refractivity contribution < 1.29 is 4.74 Å². The monoisotopic (exact) mass is 249 g/mol. The molecule has 2 nitrogen and oxygen atoms in total. The lowest BCUT2D eigenvalue weighted by atomic mass is 10.0. The summed E-state index contributed by atoms with van der Waals surface area (Å²) in [5, 5.41) is 9.07. The van der Waals surface area contributed by atoms with E-state index in [2.05, 4.69) is 18.2 Å². The Morgan fingerprint density at radius 1 is 1.05 bits per heavy atom. The first-order chi connectivity index (χ1) is 9.21. The quantitative estimate of drug-likeness (QED) is 0.802. The summed E-state index contributed by atoms with van der Waals surface area (Å²) >= 11 is 0. The van der Waals surface area contributed by atoms with Gasteiger partial charge in [0.25, 0.3) is 0 Å². The SMILES string of the molecule is CC1(C#N)CC1c1ccc(Oc2ccccc2)cc1. The predicted octanol–water partition coefficient (Wildman–Crippen LogP) is 4.50. The van der Waals surface area contributed by atoms with Crippen molar-refractivity contribution in [2.75, 3.05) is 0 Å². The number of hydrogen-bond acceptors (Lipinski definition) is 2. The first-order valence-corrected chi connectivity index (χ1v) is 6.45. The van der Waals surface area contributed by atoms with Crippen LogP contribution < -0.4 is 4.74 Å². The van der Waals surface area contributed by atoms with E-state index in [-0.39, 0.29) is 5.41 Å². The molecule has 0 heterocycles. The van der Waals surface area contributed by atoms with Gasteiger partial charge in [-0.05, 0) is 43.2 Å². The van der Waals surface area contributed by atoms with Gasteiger partial charge in [-0.25, -0.2) is 0 Å². The zero-order valence-corrected chi connectivity index (χ0v) is 10.8. The van der Waals surface area contributed by atoms with E-state index in [1.54, 1.807) is 0 Å². The summed E-state index contributed by atoms with van der Waals surface area (Å²) in [5.74, 6) is 2.04. The normalized spacial score (nSPS) is 24.5. The fourth-order valence-corrected chi connectivity index (χ4v) is 2.37. The van der Waals surface area contributed by atoms with E-state index in [9.17, 15) is 0 Å². The number of para-hydroxylation sites is 1. The highest BCUT2D eigenvalue weighted by atomic mass is 16.5. The second-order valence-electron chi connectivity index (χ2n) is 5.27. The van der Waals surface area contributed by atoms with E-state index in [1.807, 2.05) is 49.4 Å². The molecule has 0 spiro atoms. The van der Waals surface area contributed by atoms with Crippen molar-refractivity contribution in [3.8, 4) is 17.6 Å². The lowest BCUT2D eigenvalue weighted by Crippen LogP contribution is -1.92. The van der Waals surface area contributed by atoms with Crippen LogP contribution in [0.15, 0.2) is 54.6 Å². The smallest absolute Gasteiger partial charge is 0.127 e. The fraction of sp³-hybridized carbons (Fsp3) is 0.235. The Morgan fingerprint density at radius 2 is 1.68 bits per heavy atom. The van der Waals surface area contributed by atoms with E-state index in [1.165, 1.54) is 5.56 Å². The molecule has 1 saturated carbocycles. The third-order valence-electron chi connectivity index (χ3n) is 3.75. The molecular formula is C17H15NO. The van der Waals surface area contributed by atoms with Crippen LogP contribution in [0, 0.1) is 16.7 Å². The van der Waals surface area contributed by atoms with Crippen LogP contribution in [0.25, 0.3) is 0 Å². The van der Waals surface area contributed by atoms with Crippen molar-refractivity contribution in [1.82, 2.24) is 0 Å². The first-order valence-electron chi connectivity index (χ1n) is 6.45. The Labute approximate surface area is 113 Å². The number of nitrogens with zero attached hydrogens (tertiary/aromatic N) is 1. The number of benzene rings is 2. The molecule has 2 unspecified atom stereocenters. The van der Waals surface area contributed by atoms with Gasteiger partial charge in [-0.3, -0.25) is 0 Å². The Kier molecular flexibility index (Phi) is 2.76. The number of hydrogen-bond donors (Lipinski definition) is 0. The minimum absolute atomic E-state index is 0.165. The van der Waals surface area contributed by atoms with Crippen molar-refractivity contribution in [1.29, 1.82) is 5.26 Å². The lowest BCUT2D eigenvalue weighted by molar-refractivity contribution is 0.482. The highest BCUT2D eigenvalue weighted by Gasteiger charge is 2.51. The van der Waals surface area contributed by atoms with Gasteiger partial charge in [0.1, 0.15) is 11.5 Å². The van der Waals surface area contributed by atoms with Crippen molar-refractivity contribution >= 4 is 0 Å². The Hall–Kier alpha value is -2.27. The van der Waals surface area contributed by atoms with Crippen molar-refractivity contribution in [3.05, 3.63) is 60.2 Å². The highest BCUT2D eigenvalue weighted by Crippen LogP contribution is 2.58. The maximum Gasteiger partial charge on any atom is 0.127 e. The summed E-state index contributed by atoms with van der Waals surface area (Å²) < 4.78 is 5.75. The topological polar surface area (TPSA) is 33.0 Å². The highest BCUT2D eigenvalue weighted by molar-refractivity contribution is 5.39. The van der Waals surface area contributed by atoms with Crippen LogP contribution in [-0.2, 0) is 0 Å². The number of rotatable bonds is 3. The van der Waals surface area contributed by atoms with E-state index in [4.69, 9.17) is 10.00 Å². The molecule has 3 rings (SSSR count). The molecule has 0 aliphatic heterocycles. The first kappa shape index (κ1) is 11.8. The molecule has 2 heteroatoms. The molecule has 0 bridgehead atoms. The molecule has 2 aromatic carbocycles. The third kappa shape index (κ3) is 2.32. The molecule has 0 N–H and O–H groups in total. The van der Waals surface area contributed by atoms with Crippen molar-refractivity contribution in [3.63, 3.8) is 0 Å². The molecule has 0 amide bonds. The van der Waals surface area contributed by atoms with Crippen molar-refractivity contribution in [2.24, 2.45) is 5.41 Å². The second-order valence-corrected chi connectivity index (χ2v) is 5.27. The Balaban J connectivity index is 1.72. The zero-order chi connectivity index (χ0) is 13.3. The second kappa shape index (κ2) is 4.44. The van der Waals surface area contributed by atoms with Gasteiger partial charge in [0.15, 0.2) is 0 Å². The van der Waals surface area contributed by atoms with E-state index >= 15 is 0 Å². The molecule has 1 aliphatic rings. The number of ether oxygens (including phenoxy) is 1. The maximum atomic E-state index is 9.07. The molecule has 2 aromatic rings. The average molecular weight is 249 g/mol. The largest absolute Gasteiger partial charge is 0.457 e. The van der Waals surface area contributed by atoms with E-state index in [0.29, 0.717) is 5.92 Å². The maximum absolute atomic E-state index is 9.07. The van der Waals surface area contributed by atoms with E-state index in [0.717, 1.165) is 17.9 Å². The Morgan fingerprint density at radius 3 is 2.26 bits per heavy atom. The fourth-order valence-electron chi connectivity index (χ4n) is 2.37. The molecule has 2 atom stereocenters. The van der Waals surface area contributed by atoms with Crippen LogP contribution in [-0.4, -0.2) is 0 Å². The molecule has 0 aromatic heterocycles. The molecule has 0 saturated heterocycles. The lowest BCUT2D eigenvalue weighted by Gasteiger charge is -2.07. The molecule has 19 heavy (non-hydrogen) atoms. The van der Waals surface area contributed by atoms with Crippen LogP contribution in [0.3, 0.4) is 0 Å². The van der Waals surface area contributed by atoms with Gasteiger partial charge < -0.3 is 4.74 Å². The van der Waals surface area contributed by atoms with Crippen molar-refractivity contribution in [2.45, 2.75) is 19.3 Å². The predicted molar refractivity (Wildman–Crippen MR) is 74.0 cm³/mol. The summed E-state index contributed by atoms with van der Waals surface area (Å²) in [7, 11) is 0. The number of nitriles is 1. The van der Waals surface area contributed by atoms with Crippen LogP contribution in [0.1, 0.15) is 24.8 Å². The third-order valence-corrected chi connectivity index (χ3v) is 3.75. The molecule has 94 valence electrons. The summed E-state index contributed by atoms with van der Waals surface area (Å²) in [6.45, 7) is 2.02. The summed E-state index contributed by atoms with van der Waals surface area (Å²) in [5.41, 5.74) is 1.06. The summed E-state index contributed by atoms with van der Waals surface area (Å²) in [6, 6.07) is 20.2. The van der Waals surface area contributed by atoms with Gasteiger partial charge in [0.2, 0.25) is 0 Å². The van der Waals surface area contributed by atoms with Gasteiger partial charge in [-0.1, -0.05) is 30.3 Å². The van der Waals surface area contributed by atoms with Crippen LogP contribution in [0.2, 0.25) is 0 Å². The molecule has 1 fully saturated rings. The van der Waals surface area contributed by atoms with Gasteiger partial charge >= 0.3 is 0 Å². The van der Waals surface area contributed by atoms with Gasteiger partial charge in [0.05, 0.1) is 11.5 Å². The Bertz CT molecular complexity index is 612. The average Bonchev–Trinajstić information content (AvgIpc) is 3.14. The standard InChI is InChI=1S/C17H15NO/c1-17(12-18)11-16(17)13-7-9-15(10-8-13)19-14-5-3-2-4-6-14/h2-10,16H,11H2,1H3. The molecular weight excluding hydrogens is 234 g/mol.